The number of Topliss-reactive ketones (excluding diaryl/α,β-unsaturated/α-hetero) is 1. The van der Waals surface area contributed by atoms with Gasteiger partial charge in [0, 0.05) is 27.0 Å². The molecule has 0 atom stereocenters. The van der Waals surface area contributed by atoms with Crippen LogP contribution in [0.1, 0.15) is 25.7 Å². The van der Waals surface area contributed by atoms with Crippen LogP contribution < -0.4 is 0 Å². The number of thiophene rings is 1. The monoisotopic (exact) mass is 352 g/mol. The maximum absolute atomic E-state index is 13.5. The SMILES string of the molecule is Cc1cc(C(=O)COC(=O)/C=C/c2c(F)cccc2Cl)c(C)s1. The molecule has 0 aliphatic heterocycles. The molecule has 23 heavy (non-hydrogen) atoms. The van der Waals surface area contributed by atoms with Gasteiger partial charge in [0.15, 0.2) is 6.61 Å². The number of benzene rings is 1. The van der Waals surface area contributed by atoms with Crippen LogP contribution in [-0.4, -0.2) is 18.4 Å². The third kappa shape index (κ3) is 4.50. The molecule has 3 nitrogen and oxygen atoms in total. The van der Waals surface area contributed by atoms with E-state index in [1.165, 1.54) is 35.6 Å². The highest BCUT2D eigenvalue weighted by Crippen LogP contribution is 2.21. The van der Waals surface area contributed by atoms with Gasteiger partial charge in [-0.05, 0) is 38.1 Å². The van der Waals surface area contributed by atoms with E-state index in [2.05, 4.69) is 0 Å². The second-order valence-corrected chi connectivity index (χ2v) is 6.69. The number of hydrogen-bond acceptors (Lipinski definition) is 4. The number of carbonyl (C=O) groups is 2. The molecule has 1 aromatic carbocycles. The van der Waals surface area contributed by atoms with Crippen molar-refractivity contribution in [3.8, 4) is 0 Å². The Morgan fingerprint density at radius 1 is 1.35 bits per heavy atom. The summed E-state index contributed by atoms with van der Waals surface area (Å²) in [5.41, 5.74) is 0.656. The number of rotatable bonds is 5. The summed E-state index contributed by atoms with van der Waals surface area (Å²) in [5, 5.41) is 0.189. The first-order chi connectivity index (χ1) is 10.9. The van der Waals surface area contributed by atoms with E-state index >= 15 is 0 Å². The van der Waals surface area contributed by atoms with E-state index < -0.39 is 11.8 Å². The van der Waals surface area contributed by atoms with Gasteiger partial charge in [-0.25, -0.2) is 9.18 Å². The highest BCUT2D eigenvalue weighted by atomic mass is 35.5. The highest BCUT2D eigenvalue weighted by molar-refractivity contribution is 7.12. The predicted octanol–water partition coefficient (Wildman–Crippen LogP) is 4.60. The number of carbonyl (C=O) groups excluding carboxylic acids is 2. The fourth-order valence-corrected chi connectivity index (χ4v) is 3.16. The Hall–Kier alpha value is -1.98. The van der Waals surface area contributed by atoms with Crippen molar-refractivity contribution in [3.05, 3.63) is 62.1 Å². The van der Waals surface area contributed by atoms with Gasteiger partial charge in [0.05, 0.1) is 5.02 Å². The van der Waals surface area contributed by atoms with E-state index in [1.807, 2.05) is 13.8 Å². The fourth-order valence-electron chi connectivity index (χ4n) is 1.99. The van der Waals surface area contributed by atoms with E-state index in [0.717, 1.165) is 15.8 Å². The van der Waals surface area contributed by atoms with Crippen LogP contribution in [0.5, 0.6) is 0 Å². The molecule has 0 unspecified atom stereocenters. The highest BCUT2D eigenvalue weighted by Gasteiger charge is 2.13. The van der Waals surface area contributed by atoms with Gasteiger partial charge >= 0.3 is 5.97 Å². The molecular weight excluding hydrogens is 339 g/mol. The topological polar surface area (TPSA) is 43.4 Å². The predicted molar refractivity (Wildman–Crippen MR) is 89.5 cm³/mol. The normalized spacial score (nSPS) is 11.0. The molecule has 1 heterocycles. The Morgan fingerprint density at radius 3 is 2.70 bits per heavy atom. The molecule has 0 fully saturated rings. The zero-order valence-electron chi connectivity index (χ0n) is 12.6. The molecule has 0 saturated carbocycles. The van der Waals surface area contributed by atoms with E-state index in [-0.39, 0.29) is 23.0 Å². The molecule has 0 spiro atoms. The minimum Gasteiger partial charge on any atom is -0.454 e. The molecule has 0 saturated heterocycles. The first-order valence-corrected chi connectivity index (χ1v) is 7.97. The number of hydrogen-bond donors (Lipinski definition) is 0. The second kappa shape index (κ2) is 7.53. The molecular formula is C17H14ClFO3S. The van der Waals surface area contributed by atoms with Crippen molar-refractivity contribution in [1.82, 2.24) is 0 Å². The van der Waals surface area contributed by atoms with Gasteiger partial charge in [-0.2, -0.15) is 0 Å². The average molecular weight is 353 g/mol. The molecule has 1 aromatic heterocycles. The number of esters is 1. The molecule has 0 aliphatic carbocycles. The van der Waals surface area contributed by atoms with E-state index in [0.29, 0.717) is 5.56 Å². The van der Waals surface area contributed by atoms with E-state index in [4.69, 9.17) is 16.3 Å². The lowest BCUT2D eigenvalue weighted by Crippen LogP contribution is -2.12. The number of ether oxygens (including phenoxy) is 1. The zero-order valence-corrected chi connectivity index (χ0v) is 14.1. The van der Waals surface area contributed by atoms with Crippen LogP contribution in [0.3, 0.4) is 0 Å². The summed E-state index contributed by atoms with van der Waals surface area (Å²) in [5.74, 6) is -1.54. The van der Waals surface area contributed by atoms with Crippen molar-refractivity contribution in [2.75, 3.05) is 6.61 Å². The molecule has 0 radical (unpaired) electrons. The molecule has 2 rings (SSSR count). The summed E-state index contributed by atoms with van der Waals surface area (Å²) in [6.07, 6.45) is 2.27. The Kier molecular flexibility index (Phi) is 5.69. The molecule has 0 N–H and O–H groups in total. The summed E-state index contributed by atoms with van der Waals surface area (Å²) in [6.45, 7) is 3.39. The van der Waals surface area contributed by atoms with Gasteiger partial charge in [-0.1, -0.05) is 17.7 Å². The summed E-state index contributed by atoms with van der Waals surface area (Å²) in [7, 11) is 0. The van der Waals surface area contributed by atoms with Crippen molar-refractivity contribution >= 4 is 40.8 Å². The van der Waals surface area contributed by atoms with E-state index in [9.17, 15) is 14.0 Å². The lowest BCUT2D eigenvalue weighted by atomic mass is 10.2. The first kappa shape index (κ1) is 17.4. The van der Waals surface area contributed by atoms with Gasteiger partial charge in [-0.3, -0.25) is 4.79 Å². The Balaban J connectivity index is 1.96. The van der Waals surface area contributed by atoms with Gasteiger partial charge < -0.3 is 4.74 Å². The average Bonchev–Trinajstić information content (AvgIpc) is 2.83. The number of halogens is 2. The molecule has 2 aromatic rings. The van der Waals surface area contributed by atoms with Crippen molar-refractivity contribution in [2.45, 2.75) is 13.8 Å². The Morgan fingerprint density at radius 2 is 2.09 bits per heavy atom. The summed E-state index contributed by atoms with van der Waals surface area (Å²) in [6, 6.07) is 5.99. The molecule has 0 amide bonds. The van der Waals surface area contributed by atoms with Crippen LogP contribution in [0.25, 0.3) is 6.08 Å². The third-order valence-electron chi connectivity index (χ3n) is 3.07. The molecule has 6 heteroatoms. The van der Waals surface area contributed by atoms with Gasteiger partial charge in [0.1, 0.15) is 5.82 Å². The molecule has 120 valence electrons. The van der Waals surface area contributed by atoms with Crippen molar-refractivity contribution < 1.29 is 18.7 Å². The minimum absolute atomic E-state index is 0.0988. The number of aryl methyl sites for hydroxylation is 2. The lowest BCUT2D eigenvalue weighted by molar-refractivity contribution is -0.136. The largest absolute Gasteiger partial charge is 0.454 e. The van der Waals surface area contributed by atoms with Crippen LogP contribution in [0.4, 0.5) is 4.39 Å². The smallest absolute Gasteiger partial charge is 0.331 e. The third-order valence-corrected chi connectivity index (χ3v) is 4.37. The standard InChI is InChI=1S/C17H14ClFO3S/c1-10-8-13(11(2)23-10)16(20)9-22-17(21)7-6-12-14(18)4-3-5-15(12)19/h3-8H,9H2,1-2H3/b7-6+. The van der Waals surface area contributed by atoms with Crippen molar-refractivity contribution in [3.63, 3.8) is 0 Å². The fraction of sp³-hybridized carbons (Fsp3) is 0.176. The quantitative estimate of drug-likeness (QED) is 0.449. The summed E-state index contributed by atoms with van der Waals surface area (Å²) >= 11 is 7.35. The van der Waals surface area contributed by atoms with Crippen molar-refractivity contribution in [1.29, 1.82) is 0 Å². The lowest BCUT2D eigenvalue weighted by Gasteiger charge is -2.02. The van der Waals surface area contributed by atoms with Crippen LogP contribution >= 0.6 is 22.9 Å². The van der Waals surface area contributed by atoms with Crippen molar-refractivity contribution in [2.24, 2.45) is 0 Å². The maximum atomic E-state index is 13.5. The van der Waals surface area contributed by atoms with Gasteiger partial charge in [0.25, 0.3) is 0 Å². The van der Waals surface area contributed by atoms with Gasteiger partial charge in [-0.15, -0.1) is 11.3 Å². The van der Waals surface area contributed by atoms with Crippen LogP contribution in [0.2, 0.25) is 5.02 Å². The molecule has 0 bridgehead atoms. The summed E-state index contributed by atoms with van der Waals surface area (Å²) < 4.78 is 18.4. The van der Waals surface area contributed by atoms with E-state index in [1.54, 1.807) is 6.07 Å². The molecule has 0 aliphatic rings. The van der Waals surface area contributed by atoms with Crippen LogP contribution in [0, 0.1) is 19.7 Å². The minimum atomic E-state index is -0.734. The van der Waals surface area contributed by atoms with Crippen LogP contribution in [0.15, 0.2) is 30.3 Å². The zero-order chi connectivity index (χ0) is 17.0. The Labute approximate surface area is 142 Å². The summed E-state index contributed by atoms with van der Waals surface area (Å²) in [4.78, 5) is 25.5. The van der Waals surface area contributed by atoms with Crippen LogP contribution in [-0.2, 0) is 9.53 Å². The second-order valence-electron chi connectivity index (χ2n) is 4.83. The maximum Gasteiger partial charge on any atom is 0.331 e. The first-order valence-electron chi connectivity index (χ1n) is 6.77. The Bertz CT molecular complexity index is 760. The van der Waals surface area contributed by atoms with Gasteiger partial charge in [0.2, 0.25) is 5.78 Å². The number of ketones is 1.